The van der Waals surface area contributed by atoms with Crippen molar-refractivity contribution < 1.29 is 18.7 Å². The number of carbonyl (C=O) groups is 2. The van der Waals surface area contributed by atoms with E-state index in [-0.39, 0.29) is 28.8 Å². The van der Waals surface area contributed by atoms with Crippen LogP contribution in [0.2, 0.25) is 0 Å². The Morgan fingerprint density at radius 2 is 1.85 bits per heavy atom. The number of aromatic nitrogens is 3. The molecule has 0 bridgehead atoms. The first-order valence-corrected chi connectivity index (χ1v) is 12.8. The number of halogens is 1. The number of ether oxygens (including phenoxy) is 1. The van der Waals surface area contributed by atoms with Crippen molar-refractivity contribution in [3.63, 3.8) is 0 Å². The smallest absolute Gasteiger partial charge is 0.324 e. The summed E-state index contributed by atoms with van der Waals surface area (Å²) in [6, 6.07) is 16.3. The fourth-order valence-electron chi connectivity index (χ4n) is 4.66. The van der Waals surface area contributed by atoms with E-state index in [0.29, 0.717) is 11.7 Å². The summed E-state index contributed by atoms with van der Waals surface area (Å²) in [5.41, 5.74) is 3.27. The minimum absolute atomic E-state index is 0.0613. The molecule has 4 aromatic rings. The van der Waals surface area contributed by atoms with Crippen molar-refractivity contribution in [1.82, 2.24) is 20.1 Å². The van der Waals surface area contributed by atoms with Crippen molar-refractivity contribution in [3.8, 4) is 17.2 Å². The third-order valence-corrected chi connectivity index (χ3v) is 6.60. The number of pyridine rings is 1. The van der Waals surface area contributed by atoms with Crippen LogP contribution in [0.15, 0.2) is 66.9 Å². The lowest BCUT2D eigenvalue weighted by Crippen LogP contribution is -2.21. The van der Waals surface area contributed by atoms with Crippen LogP contribution in [0.25, 0.3) is 5.69 Å². The van der Waals surface area contributed by atoms with Gasteiger partial charge in [-0.2, -0.15) is 5.10 Å². The molecule has 9 nitrogen and oxygen atoms in total. The number of anilines is 2. The molecule has 2 aromatic carbocycles. The van der Waals surface area contributed by atoms with Crippen LogP contribution in [0.4, 0.5) is 20.7 Å². The van der Waals surface area contributed by atoms with Gasteiger partial charge in [-0.15, -0.1) is 0 Å². The second-order valence-electron chi connectivity index (χ2n) is 9.47. The summed E-state index contributed by atoms with van der Waals surface area (Å²) in [4.78, 5) is 28.7. The summed E-state index contributed by atoms with van der Waals surface area (Å²) in [6.07, 6.45) is 5.91. The molecule has 0 atom stereocenters. The minimum atomic E-state index is -0.681. The average Bonchev–Trinajstić information content (AvgIpc) is 3.60. The standard InChI is InChI=1S/C29H29FN6O3/c1-18-6-5-9-21(14-18)36-27(17-24(35-36)19-7-3-4-8-19)34-29(38)33-20-10-11-26(23(30)15-20)39-22-12-13-32-25(16-22)28(37)31-2/h5-6,9-17,19H,3-4,7-8H2,1-2H3,(H,31,37)(H2,33,34,38). The molecule has 2 heterocycles. The highest BCUT2D eigenvalue weighted by atomic mass is 19.1. The van der Waals surface area contributed by atoms with Crippen LogP contribution in [0.3, 0.4) is 0 Å². The molecule has 5 rings (SSSR count). The first kappa shape index (κ1) is 25.9. The lowest BCUT2D eigenvalue weighted by molar-refractivity contribution is 0.0958. The average molecular weight is 529 g/mol. The van der Waals surface area contributed by atoms with Crippen LogP contribution in [0.5, 0.6) is 11.5 Å². The number of hydrogen-bond donors (Lipinski definition) is 3. The van der Waals surface area contributed by atoms with E-state index in [4.69, 9.17) is 9.84 Å². The van der Waals surface area contributed by atoms with Crippen LogP contribution in [-0.2, 0) is 0 Å². The molecule has 0 unspecified atom stereocenters. The molecule has 39 heavy (non-hydrogen) atoms. The number of carbonyl (C=O) groups excluding carboxylic acids is 2. The number of amides is 3. The maximum Gasteiger partial charge on any atom is 0.324 e. The molecule has 1 aliphatic carbocycles. The second-order valence-corrected chi connectivity index (χ2v) is 9.47. The summed E-state index contributed by atoms with van der Waals surface area (Å²) in [7, 11) is 1.49. The molecule has 2 aromatic heterocycles. The lowest BCUT2D eigenvalue weighted by Gasteiger charge is -2.12. The molecule has 10 heteroatoms. The van der Waals surface area contributed by atoms with Crippen molar-refractivity contribution in [2.75, 3.05) is 17.7 Å². The highest BCUT2D eigenvalue weighted by Gasteiger charge is 2.23. The highest BCUT2D eigenvalue weighted by molar-refractivity contribution is 5.99. The molecule has 0 spiro atoms. The zero-order chi connectivity index (χ0) is 27.4. The van der Waals surface area contributed by atoms with Gasteiger partial charge in [0.05, 0.1) is 11.4 Å². The van der Waals surface area contributed by atoms with Gasteiger partial charge in [0, 0.05) is 43.0 Å². The number of hydrogen-bond acceptors (Lipinski definition) is 5. The Bertz CT molecular complexity index is 1510. The number of rotatable bonds is 7. The quantitative estimate of drug-likeness (QED) is 0.266. The van der Waals surface area contributed by atoms with Crippen molar-refractivity contribution in [1.29, 1.82) is 0 Å². The Balaban J connectivity index is 1.31. The summed E-state index contributed by atoms with van der Waals surface area (Å²) in [6.45, 7) is 2.00. The van der Waals surface area contributed by atoms with Crippen molar-refractivity contribution in [2.45, 2.75) is 38.5 Å². The Kier molecular flexibility index (Phi) is 7.53. The van der Waals surface area contributed by atoms with Crippen LogP contribution >= 0.6 is 0 Å². The largest absolute Gasteiger partial charge is 0.454 e. The van der Waals surface area contributed by atoms with Crippen LogP contribution in [-0.4, -0.2) is 33.8 Å². The number of urea groups is 1. The van der Waals surface area contributed by atoms with Crippen molar-refractivity contribution in [2.24, 2.45) is 0 Å². The summed E-state index contributed by atoms with van der Waals surface area (Å²) in [5, 5.41) is 12.8. The molecule has 1 fully saturated rings. The van der Waals surface area contributed by atoms with E-state index in [0.717, 1.165) is 35.9 Å². The van der Waals surface area contributed by atoms with Gasteiger partial charge in [0.25, 0.3) is 5.91 Å². The van der Waals surface area contributed by atoms with Gasteiger partial charge in [0.2, 0.25) is 0 Å². The third-order valence-electron chi connectivity index (χ3n) is 6.60. The molecule has 1 aliphatic rings. The Labute approximate surface area is 225 Å². The number of benzene rings is 2. The zero-order valence-electron chi connectivity index (χ0n) is 21.7. The molecular formula is C29H29FN6O3. The topological polar surface area (TPSA) is 110 Å². The second kappa shape index (κ2) is 11.3. The summed E-state index contributed by atoms with van der Waals surface area (Å²) < 4.78 is 22.2. The third kappa shape index (κ3) is 6.06. The zero-order valence-corrected chi connectivity index (χ0v) is 21.7. The predicted octanol–water partition coefficient (Wildman–Crippen LogP) is 6.17. The maximum atomic E-state index is 14.8. The minimum Gasteiger partial charge on any atom is -0.454 e. The van der Waals surface area contributed by atoms with Gasteiger partial charge in [0.15, 0.2) is 11.6 Å². The molecule has 200 valence electrons. The van der Waals surface area contributed by atoms with Gasteiger partial charge in [-0.1, -0.05) is 25.0 Å². The van der Waals surface area contributed by atoms with E-state index < -0.39 is 11.8 Å². The van der Waals surface area contributed by atoms with E-state index in [9.17, 15) is 14.0 Å². The van der Waals surface area contributed by atoms with E-state index in [1.165, 1.54) is 50.4 Å². The fraction of sp³-hybridized carbons (Fsp3) is 0.241. The number of nitrogens with zero attached hydrogens (tertiary/aromatic N) is 3. The fourth-order valence-corrected chi connectivity index (χ4v) is 4.66. The van der Waals surface area contributed by atoms with Crippen LogP contribution < -0.4 is 20.7 Å². The number of nitrogens with one attached hydrogen (secondary N) is 3. The molecule has 0 saturated heterocycles. The van der Waals surface area contributed by atoms with Gasteiger partial charge >= 0.3 is 6.03 Å². The first-order chi connectivity index (χ1) is 18.9. The van der Waals surface area contributed by atoms with Crippen molar-refractivity contribution >= 4 is 23.4 Å². The molecule has 0 aliphatic heterocycles. The molecule has 3 amide bonds. The van der Waals surface area contributed by atoms with E-state index in [1.807, 2.05) is 37.3 Å². The van der Waals surface area contributed by atoms with Crippen molar-refractivity contribution in [3.05, 3.63) is 89.6 Å². The van der Waals surface area contributed by atoms with Gasteiger partial charge in [-0.3, -0.25) is 15.1 Å². The lowest BCUT2D eigenvalue weighted by atomic mass is 10.0. The summed E-state index contributed by atoms with van der Waals surface area (Å²) >= 11 is 0. The summed E-state index contributed by atoms with van der Waals surface area (Å²) in [5.74, 6) is 0.0290. The predicted molar refractivity (Wildman–Crippen MR) is 146 cm³/mol. The Hall–Kier alpha value is -4.73. The Morgan fingerprint density at radius 1 is 1.03 bits per heavy atom. The van der Waals surface area contributed by atoms with Crippen LogP contribution in [0.1, 0.15) is 53.3 Å². The SMILES string of the molecule is CNC(=O)c1cc(Oc2ccc(NC(=O)Nc3cc(C4CCCC4)nn3-c3cccc(C)c3)cc2F)ccn1. The molecule has 1 saturated carbocycles. The normalized spacial score (nSPS) is 13.2. The van der Waals surface area contributed by atoms with E-state index in [1.54, 1.807) is 4.68 Å². The van der Waals surface area contributed by atoms with Gasteiger partial charge < -0.3 is 15.4 Å². The molecule has 0 radical (unpaired) electrons. The molecular weight excluding hydrogens is 499 g/mol. The van der Waals surface area contributed by atoms with Gasteiger partial charge in [-0.25, -0.2) is 13.9 Å². The number of aryl methyl sites for hydroxylation is 1. The monoisotopic (exact) mass is 528 g/mol. The van der Waals surface area contributed by atoms with E-state index >= 15 is 0 Å². The van der Waals surface area contributed by atoms with Gasteiger partial charge in [-0.05, 0) is 55.7 Å². The highest BCUT2D eigenvalue weighted by Crippen LogP contribution is 2.35. The maximum absolute atomic E-state index is 14.8. The van der Waals surface area contributed by atoms with Crippen LogP contribution in [0, 0.1) is 12.7 Å². The van der Waals surface area contributed by atoms with Gasteiger partial charge in [0.1, 0.15) is 17.3 Å². The Morgan fingerprint density at radius 3 is 2.59 bits per heavy atom. The molecule has 3 N–H and O–H groups in total. The van der Waals surface area contributed by atoms with E-state index in [2.05, 4.69) is 20.9 Å². The first-order valence-electron chi connectivity index (χ1n) is 12.8.